The summed E-state index contributed by atoms with van der Waals surface area (Å²) in [4.78, 5) is 10.5. The second kappa shape index (κ2) is 21.5. The number of aliphatic hydroxyl groups is 1. The third-order valence-electron chi connectivity index (χ3n) is 5.27. The summed E-state index contributed by atoms with van der Waals surface area (Å²) < 4.78 is 0. The zero-order valence-electron chi connectivity index (χ0n) is 18.0. The molecule has 160 valence electrons. The van der Waals surface area contributed by atoms with Gasteiger partial charge in [0, 0.05) is 0 Å². The van der Waals surface area contributed by atoms with E-state index in [4.69, 9.17) is 5.11 Å². The van der Waals surface area contributed by atoms with Crippen LogP contribution in [-0.4, -0.2) is 22.3 Å². The van der Waals surface area contributed by atoms with Crippen LogP contribution in [0.4, 0.5) is 0 Å². The van der Waals surface area contributed by atoms with Gasteiger partial charge in [-0.15, -0.1) is 0 Å². The summed E-state index contributed by atoms with van der Waals surface area (Å²) in [6, 6.07) is 0. The van der Waals surface area contributed by atoms with Gasteiger partial charge < -0.3 is 10.2 Å². The molecule has 0 fully saturated rings. The van der Waals surface area contributed by atoms with Crippen LogP contribution in [0.1, 0.15) is 129 Å². The zero-order chi connectivity index (χ0) is 20.0. The zero-order valence-corrected chi connectivity index (χ0v) is 18.0. The number of allylic oxidation sites excluding steroid dienone is 2. The molecule has 0 aliphatic heterocycles. The van der Waals surface area contributed by atoms with E-state index in [0.717, 1.165) is 19.3 Å². The third-order valence-corrected chi connectivity index (χ3v) is 5.27. The third kappa shape index (κ3) is 21.3. The van der Waals surface area contributed by atoms with Gasteiger partial charge in [-0.2, -0.15) is 0 Å². The van der Waals surface area contributed by atoms with Crippen molar-refractivity contribution in [2.24, 2.45) is 0 Å². The predicted octanol–water partition coefficient (Wildman–Crippen LogP) is 7.42. The summed E-state index contributed by atoms with van der Waals surface area (Å²) in [5.74, 6) is -1.09. The van der Waals surface area contributed by atoms with Crippen molar-refractivity contribution in [2.75, 3.05) is 0 Å². The molecule has 0 spiro atoms. The van der Waals surface area contributed by atoms with Gasteiger partial charge in [0.15, 0.2) is 6.10 Å². The van der Waals surface area contributed by atoms with Crippen LogP contribution in [0.5, 0.6) is 0 Å². The van der Waals surface area contributed by atoms with E-state index in [2.05, 4.69) is 19.1 Å². The molecule has 3 heteroatoms. The first-order valence-corrected chi connectivity index (χ1v) is 11.7. The maximum absolute atomic E-state index is 10.5. The highest BCUT2D eigenvalue weighted by Crippen LogP contribution is 2.13. The fourth-order valence-corrected chi connectivity index (χ4v) is 3.42. The van der Waals surface area contributed by atoms with E-state index >= 15 is 0 Å². The standard InChI is InChI=1S/C24H46O3/c1-2-3-4-5-6-7-8-9-10-11-12-13-14-15-16-17-18-19-20-21-22-23(25)24(26)27/h9-10,23,25H,2-8,11-22H2,1H3,(H,26,27)/b10-9-. The molecule has 0 amide bonds. The van der Waals surface area contributed by atoms with E-state index in [1.165, 1.54) is 96.3 Å². The largest absolute Gasteiger partial charge is 0.479 e. The first kappa shape index (κ1) is 26.2. The van der Waals surface area contributed by atoms with Crippen LogP contribution in [0.25, 0.3) is 0 Å². The first-order chi connectivity index (χ1) is 13.2. The molecule has 0 saturated heterocycles. The molecule has 0 aromatic rings. The maximum atomic E-state index is 10.5. The van der Waals surface area contributed by atoms with E-state index in [-0.39, 0.29) is 0 Å². The van der Waals surface area contributed by atoms with Crippen molar-refractivity contribution in [1.29, 1.82) is 0 Å². The fourth-order valence-electron chi connectivity index (χ4n) is 3.42. The Morgan fingerprint density at radius 2 is 1.04 bits per heavy atom. The Balaban J connectivity index is 3.12. The number of hydrogen-bond acceptors (Lipinski definition) is 2. The first-order valence-electron chi connectivity index (χ1n) is 11.7. The minimum absolute atomic E-state index is 0.392. The Morgan fingerprint density at radius 1 is 0.667 bits per heavy atom. The molecule has 1 atom stereocenters. The smallest absolute Gasteiger partial charge is 0.332 e. The number of rotatable bonds is 21. The highest BCUT2D eigenvalue weighted by Gasteiger charge is 2.11. The van der Waals surface area contributed by atoms with Crippen molar-refractivity contribution in [3.63, 3.8) is 0 Å². The van der Waals surface area contributed by atoms with Gasteiger partial charge in [0.25, 0.3) is 0 Å². The van der Waals surface area contributed by atoms with Gasteiger partial charge in [-0.25, -0.2) is 4.79 Å². The summed E-state index contributed by atoms with van der Waals surface area (Å²) in [6.07, 6.45) is 27.1. The number of hydrogen-bond donors (Lipinski definition) is 2. The van der Waals surface area contributed by atoms with Gasteiger partial charge in [0.2, 0.25) is 0 Å². The Kier molecular flexibility index (Phi) is 20.8. The van der Waals surface area contributed by atoms with Crippen LogP contribution in [0.15, 0.2) is 12.2 Å². The van der Waals surface area contributed by atoms with Gasteiger partial charge in [0.1, 0.15) is 0 Å². The molecule has 27 heavy (non-hydrogen) atoms. The van der Waals surface area contributed by atoms with Gasteiger partial charge in [-0.05, 0) is 32.1 Å². The van der Waals surface area contributed by atoms with E-state index in [0.29, 0.717) is 6.42 Å². The van der Waals surface area contributed by atoms with Crippen molar-refractivity contribution in [3.05, 3.63) is 12.2 Å². The molecule has 0 saturated carbocycles. The molecule has 0 aromatic carbocycles. The summed E-state index contributed by atoms with van der Waals surface area (Å²) in [6.45, 7) is 2.27. The molecule has 2 N–H and O–H groups in total. The van der Waals surface area contributed by atoms with E-state index in [1.807, 2.05) is 0 Å². The Hall–Kier alpha value is -0.830. The summed E-state index contributed by atoms with van der Waals surface area (Å²) in [5.41, 5.74) is 0. The van der Waals surface area contributed by atoms with Crippen molar-refractivity contribution in [3.8, 4) is 0 Å². The predicted molar refractivity (Wildman–Crippen MR) is 116 cm³/mol. The molecule has 0 aliphatic carbocycles. The number of carbonyl (C=O) groups is 1. The van der Waals surface area contributed by atoms with E-state index in [9.17, 15) is 9.90 Å². The number of unbranched alkanes of at least 4 members (excludes halogenated alkanes) is 16. The van der Waals surface area contributed by atoms with Crippen molar-refractivity contribution in [2.45, 2.75) is 135 Å². The fraction of sp³-hybridized carbons (Fsp3) is 0.875. The molecular weight excluding hydrogens is 336 g/mol. The van der Waals surface area contributed by atoms with Crippen LogP contribution in [0.2, 0.25) is 0 Å². The highest BCUT2D eigenvalue weighted by molar-refractivity contribution is 5.71. The van der Waals surface area contributed by atoms with Gasteiger partial charge in [-0.3, -0.25) is 0 Å². The minimum Gasteiger partial charge on any atom is -0.479 e. The number of carboxylic acid groups (broad SMARTS) is 1. The van der Waals surface area contributed by atoms with Crippen molar-refractivity contribution in [1.82, 2.24) is 0 Å². The lowest BCUT2D eigenvalue weighted by Gasteiger charge is -2.05. The number of aliphatic hydroxyl groups excluding tert-OH is 1. The van der Waals surface area contributed by atoms with E-state index < -0.39 is 12.1 Å². The SMILES string of the molecule is CCCCCCCC/C=C\CCCCCCCCCCCCC(O)C(=O)O. The molecule has 0 radical (unpaired) electrons. The summed E-state index contributed by atoms with van der Waals surface area (Å²) >= 11 is 0. The summed E-state index contributed by atoms with van der Waals surface area (Å²) in [5, 5.41) is 17.8. The average molecular weight is 383 g/mol. The second-order valence-corrected chi connectivity index (χ2v) is 7.99. The van der Waals surface area contributed by atoms with Crippen LogP contribution in [0.3, 0.4) is 0 Å². The Morgan fingerprint density at radius 3 is 1.44 bits per heavy atom. The lowest BCUT2D eigenvalue weighted by molar-refractivity contribution is -0.146. The Bertz CT molecular complexity index is 339. The molecular formula is C24H46O3. The lowest BCUT2D eigenvalue weighted by atomic mass is 10.0. The highest BCUT2D eigenvalue weighted by atomic mass is 16.4. The molecule has 0 bridgehead atoms. The van der Waals surface area contributed by atoms with Gasteiger partial charge >= 0.3 is 5.97 Å². The second-order valence-electron chi connectivity index (χ2n) is 7.99. The topological polar surface area (TPSA) is 57.5 Å². The monoisotopic (exact) mass is 382 g/mol. The van der Waals surface area contributed by atoms with Gasteiger partial charge in [0.05, 0.1) is 0 Å². The Labute approximate surface area is 168 Å². The molecule has 3 nitrogen and oxygen atoms in total. The minimum atomic E-state index is -1.17. The van der Waals surface area contributed by atoms with Crippen LogP contribution >= 0.6 is 0 Å². The van der Waals surface area contributed by atoms with Crippen LogP contribution < -0.4 is 0 Å². The average Bonchev–Trinajstić information content (AvgIpc) is 2.66. The molecule has 0 aliphatic rings. The molecule has 0 rings (SSSR count). The van der Waals surface area contributed by atoms with Crippen molar-refractivity contribution >= 4 is 5.97 Å². The van der Waals surface area contributed by atoms with Crippen LogP contribution in [-0.2, 0) is 4.79 Å². The summed E-state index contributed by atoms with van der Waals surface area (Å²) in [7, 11) is 0. The number of carboxylic acids is 1. The molecule has 1 unspecified atom stereocenters. The normalized spacial score (nSPS) is 12.7. The van der Waals surface area contributed by atoms with Crippen LogP contribution in [0, 0.1) is 0 Å². The van der Waals surface area contributed by atoms with Gasteiger partial charge in [-0.1, -0.05) is 109 Å². The molecule has 0 aromatic heterocycles. The maximum Gasteiger partial charge on any atom is 0.332 e. The number of aliphatic carboxylic acids is 1. The molecule has 0 heterocycles. The van der Waals surface area contributed by atoms with Crippen molar-refractivity contribution < 1.29 is 15.0 Å². The lowest BCUT2D eigenvalue weighted by Crippen LogP contribution is -2.18. The quantitative estimate of drug-likeness (QED) is 0.160. The van der Waals surface area contributed by atoms with E-state index in [1.54, 1.807) is 0 Å².